The predicted molar refractivity (Wildman–Crippen MR) is 190 cm³/mol. The second-order valence-electron chi connectivity index (χ2n) is 11.2. The molecule has 0 saturated heterocycles. The van der Waals surface area contributed by atoms with Gasteiger partial charge in [0.05, 0.1) is 0 Å². The Morgan fingerprint density at radius 1 is 0.467 bits per heavy atom. The lowest BCUT2D eigenvalue weighted by Gasteiger charge is -2.26. The molecule has 0 aliphatic rings. The van der Waals surface area contributed by atoms with Crippen molar-refractivity contribution in [3.05, 3.63) is 158 Å². The molecular weight excluding hydrogens is 569 g/mol. The Kier molecular flexibility index (Phi) is 6.00. The topological polar surface area (TPSA) is 29.3 Å². The van der Waals surface area contributed by atoms with Gasteiger partial charge in [-0.05, 0) is 83.2 Å². The van der Waals surface area contributed by atoms with E-state index in [0.717, 1.165) is 55.6 Å². The highest BCUT2D eigenvalue weighted by atomic mass is 32.1. The van der Waals surface area contributed by atoms with Gasteiger partial charge in [0.25, 0.3) is 0 Å². The molecule has 212 valence electrons. The summed E-state index contributed by atoms with van der Waals surface area (Å²) < 4.78 is 8.95. The SMILES string of the molecule is c1ccc(-c2nc3c(cc(-c4ccc(N(c5ccccc5)c5ccc6sc7ccccc7c6c5)cc4)c4ccccc43)o2)cc1. The smallest absolute Gasteiger partial charge is 0.227 e. The summed E-state index contributed by atoms with van der Waals surface area (Å²) in [7, 11) is 0. The van der Waals surface area contributed by atoms with E-state index in [0.29, 0.717) is 5.89 Å². The Morgan fingerprint density at radius 2 is 1.09 bits per heavy atom. The van der Waals surface area contributed by atoms with Gasteiger partial charge in [-0.25, -0.2) is 4.98 Å². The number of benzene rings is 7. The molecule has 0 N–H and O–H groups in total. The normalized spacial score (nSPS) is 11.6. The van der Waals surface area contributed by atoms with Crippen molar-refractivity contribution in [2.24, 2.45) is 0 Å². The summed E-state index contributed by atoms with van der Waals surface area (Å²) >= 11 is 1.84. The lowest BCUT2D eigenvalue weighted by Crippen LogP contribution is -2.09. The number of thiophene rings is 1. The summed E-state index contributed by atoms with van der Waals surface area (Å²) in [5, 5.41) is 4.82. The number of aromatic nitrogens is 1. The van der Waals surface area contributed by atoms with Crippen LogP contribution in [-0.4, -0.2) is 4.98 Å². The van der Waals surface area contributed by atoms with Crippen LogP contribution in [0.15, 0.2) is 162 Å². The minimum absolute atomic E-state index is 0.636. The van der Waals surface area contributed by atoms with Crippen LogP contribution in [0.2, 0.25) is 0 Å². The fraction of sp³-hybridized carbons (Fsp3) is 0. The predicted octanol–water partition coefficient (Wildman–Crippen LogP) is 12.2. The minimum Gasteiger partial charge on any atom is -0.436 e. The van der Waals surface area contributed by atoms with Gasteiger partial charge in [-0.3, -0.25) is 0 Å². The van der Waals surface area contributed by atoms with Crippen LogP contribution in [0, 0.1) is 0 Å². The van der Waals surface area contributed by atoms with E-state index in [1.807, 2.05) is 41.7 Å². The molecule has 45 heavy (non-hydrogen) atoms. The Morgan fingerprint density at radius 3 is 1.89 bits per heavy atom. The van der Waals surface area contributed by atoms with E-state index in [1.165, 1.54) is 20.2 Å². The lowest BCUT2D eigenvalue weighted by molar-refractivity contribution is 0.620. The fourth-order valence-corrected chi connectivity index (χ4v) is 7.45. The quantitative estimate of drug-likeness (QED) is 0.198. The van der Waals surface area contributed by atoms with Crippen molar-refractivity contribution in [1.29, 1.82) is 0 Å². The lowest BCUT2D eigenvalue weighted by atomic mass is 9.97. The molecule has 0 aliphatic carbocycles. The van der Waals surface area contributed by atoms with Crippen LogP contribution < -0.4 is 4.90 Å². The third kappa shape index (κ3) is 4.38. The average Bonchev–Trinajstić information content (AvgIpc) is 3.71. The number of nitrogens with zero attached hydrogens (tertiary/aromatic N) is 2. The van der Waals surface area contributed by atoms with Gasteiger partial charge in [-0.1, -0.05) is 91.0 Å². The van der Waals surface area contributed by atoms with Gasteiger partial charge in [0.15, 0.2) is 5.58 Å². The average molecular weight is 595 g/mol. The largest absolute Gasteiger partial charge is 0.436 e. The monoisotopic (exact) mass is 594 g/mol. The van der Waals surface area contributed by atoms with Gasteiger partial charge in [-0.15, -0.1) is 11.3 Å². The van der Waals surface area contributed by atoms with Gasteiger partial charge >= 0.3 is 0 Å². The van der Waals surface area contributed by atoms with E-state index >= 15 is 0 Å². The maximum absolute atomic E-state index is 6.34. The number of fused-ring (bicyclic) bond motifs is 6. The van der Waals surface area contributed by atoms with E-state index < -0.39 is 0 Å². The molecule has 0 radical (unpaired) electrons. The highest BCUT2D eigenvalue weighted by molar-refractivity contribution is 7.25. The summed E-state index contributed by atoms with van der Waals surface area (Å²) in [6.45, 7) is 0. The molecule has 0 aliphatic heterocycles. The number of rotatable bonds is 5. The zero-order valence-corrected chi connectivity index (χ0v) is 25.0. The summed E-state index contributed by atoms with van der Waals surface area (Å²) in [6.07, 6.45) is 0. The third-order valence-electron chi connectivity index (χ3n) is 8.49. The number of hydrogen-bond acceptors (Lipinski definition) is 4. The molecule has 0 saturated carbocycles. The summed E-state index contributed by atoms with van der Waals surface area (Å²) in [5.41, 5.74) is 8.24. The van der Waals surface area contributed by atoms with E-state index in [4.69, 9.17) is 9.40 Å². The first-order valence-corrected chi connectivity index (χ1v) is 15.9. The summed E-state index contributed by atoms with van der Waals surface area (Å²) in [5.74, 6) is 0.636. The molecule has 0 amide bonds. The van der Waals surface area contributed by atoms with Crippen molar-refractivity contribution in [1.82, 2.24) is 4.98 Å². The van der Waals surface area contributed by atoms with Crippen molar-refractivity contribution >= 4 is 70.4 Å². The van der Waals surface area contributed by atoms with Crippen molar-refractivity contribution in [3.8, 4) is 22.6 Å². The highest BCUT2D eigenvalue weighted by Gasteiger charge is 2.17. The molecule has 0 unspecified atom stereocenters. The molecule has 3 nitrogen and oxygen atoms in total. The number of anilines is 3. The molecular formula is C41H26N2OS. The summed E-state index contributed by atoms with van der Waals surface area (Å²) in [4.78, 5) is 7.25. The van der Waals surface area contributed by atoms with Crippen LogP contribution in [0.25, 0.3) is 64.6 Å². The molecule has 9 aromatic rings. The Labute approximate surface area is 264 Å². The van der Waals surface area contributed by atoms with Gasteiger partial charge in [0, 0.05) is 48.2 Å². The van der Waals surface area contributed by atoms with Gasteiger partial charge in [0.1, 0.15) is 5.52 Å². The molecule has 0 bridgehead atoms. The Hall–Kier alpha value is -5.71. The van der Waals surface area contributed by atoms with Crippen LogP contribution in [-0.2, 0) is 0 Å². The zero-order valence-electron chi connectivity index (χ0n) is 24.2. The van der Waals surface area contributed by atoms with E-state index in [-0.39, 0.29) is 0 Å². The molecule has 4 heteroatoms. The third-order valence-corrected chi connectivity index (χ3v) is 9.64. The first-order valence-electron chi connectivity index (χ1n) is 15.0. The van der Waals surface area contributed by atoms with Gasteiger partial charge in [-0.2, -0.15) is 0 Å². The van der Waals surface area contributed by atoms with Crippen molar-refractivity contribution in [3.63, 3.8) is 0 Å². The van der Waals surface area contributed by atoms with Gasteiger partial charge < -0.3 is 9.32 Å². The molecule has 9 rings (SSSR count). The zero-order chi connectivity index (χ0) is 29.7. The standard InChI is InChI=1S/C41H26N2OS/c1-3-11-28(12-4-1)41-42-40-34-17-8-7-15-32(34)35(26-37(40)44-41)27-19-21-30(22-20-27)43(29-13-5-2-6-14-29)31-23-24-39-36(25-31)33-16-9-10-18-38(33)45-39/h1-26H. The Bertz CT molecular complexity index is 2480. The van der Waals surface area contributed by atoms with Crippen LogP contribution in [0.3, 0.4) is 0 Å². The number of para-hydroxylation sites is 1. The van der Waals surface area contributed by atoms with Crippen LogP contribution in [0.1, 0.15) is 0 Å². The first-order chi connectivity index (χ1) is 22.3. The molecule has 0 spiro atoms. The van der Waals surface area contributed by atoms with Crippen LogP contribution >= 0.6 is 11.3 Å². The van der Waals surface area contributed by atoms with Crippen LogP contribution in [0.4, 0.5) is 17.1 Å². The van der Waals surface area contributed by atoms with Crippen molar-refractivity contribution in [2.45, 2.75) is 0 Å². The number of oxazole rings is 1. The fourth-order valence-electron chi connectivity index (χ4n) is 6.37. The van der Waals surface area contributed by atoms with E-state index in [1.54, 1.807) is 0 Å². The maximum Gasteiger partial charge on any atom is 0.227 e. The molecule has 2 aromatic heterocycles. The minimum atomic E-state index is 0.636. The highest BCUT2D eigenvalue weighted by Crippen LogP contribution is 2.42. The Balaban J connectivity index is 1.17. The van der Waals surface area contributed by atoms with E-state index in [2.05, 4.69) is 132 Å². The second-order valence-corrected chi connectivity index (χ2v) is 12.3. The van der Waals surface area contributed by atoms with Crippen molar-refractivity contribution in [2.75, 3.05) is 4.90 Å². The molecule has 2 heterocycles. The van der Waals surface area contributed by atoms with Crippen molar-refractivity contribution < 1.29 is 4.42 Å². The molecule has 0 fully saturated rings. The summed E-state index contributed by atoms with van der Waals surface area (Å²) in [6, 6.07) is 55.6. The molecule has 7 aromatic carbocycles. The first kappa shape index (κ1) is 25.8. The van der Waals surface area contributed by atoms with E-state index in [9.17, 15) is 0 Å². The van der Waals surface area contributed by atoms with Gasteiger partial charge in [0.2, 0.25) is 5.89 Å². The second kappa shape index (κ2) is 10.5. The van der Waals surface area contributed by atoms with Crippen LogP contribution in [0.5, 0.6) is 0 Å². The maximum atomic E-state index is 6.34. The molecule has 0 atom stereocenters. The number of hydrogen-bond donors (Lipinski definition) is 0.